The van der Waals surface area contributed by atoms with E-state index in [1.54, 1.807) is 11.3 Å². The van der Waals surface area contributed by atoms with Gasteiger partial charge in [-0.2, -0.15) is 0 Å². The second-order valence-electron chi connectivity index (χ2n) is 4.49. The van der Waals surface area contributed by atoms with E-state index in [2.05, 4.69) is 5.32 Å². The summed E-state index contributed by atoms with van der Waals surface area (Å²) in [5.41, 5.74) is 0.183. The third kappa shape index (κ3) is 3.41. The fourth-order valence-corrected chi connectivity index (χ4v) is 2.89. The van der Waals surface area contributed by atoms with Crippen LogP contribution in [0.5, 0.6) is 0 Å². The average molecular weight is 299 g/mol. The van der Waals surface area contributed by atoms with Crippen molar-refractivity contribution in [2.75, 3.05) is 6.54 Å². The standard InChI is InChI=1S/C15H16F3NS/c1-2-19-13(8-5-10-4-3-9-20-10)11-6-7-12(16)15(18)14(11)17/h3-4,6-7,9,13,19H,2,5,8H2,1H3. The summed E-state index contributed by atoms with van der Waals surface area (Å²) in [6, 6.07) is 5.94. The lowest BCUT2D eigenvalue weighted by atomic mass is 10.0. The summed E-state index contributed by atoms with van der Waals surface area (Å²) in [5, 5.41) is 5.11. The molecule has 0 fully saturated rings. The zero-order valence-electron chi connectivity index (χ0n) is 11.1. The Bertz CT molecular complexity index is 554. The molecule has 0 spiro atoms. The van der Waals surface area contributed by atoms with Crippen LogP contribution in [0.3, 0.4) is 0 Å². The maximum atomic E-state index is 13.8. The molecule has 108 valence electrons. The zero-order chi connectivity index (χ0) is 14.5. The van der Waals surface area contributed by atoms with Crippen molar-refractivity contribution in [1.82, 2.24) is 5.32 Å². The normalized spacial score (nSPS) is 12.6. The highest BCUT2D eigenvalue weighted by Gasteiger charge is 2.20. The molecule has 1 N–H and O–H groups in total. The van der Waals surface area contributed by atoms with Gasteiger partial charge in [-0.3, -0.25) is 0 Å². The van der Waals surface area contributed by atoms with Gasteiger partial charge in [0.05, 0.1) is 0 Å². The Balaban J connectivity index is 2.17. The van der Waals surface area contributed by atoms with Crippen LogP contribution in [0.2, 0.25) is 0 Å². The van der Waals surface area contributed by atoms with Gasteiger partial charge < -0.3 is 5.32 Å². The molecule has 1 heterocycles. The maximum Gasteiger partial charge on any atom is 0.194 e. The van der Waals surface area contributed by atoms with E-state index in [1.165, 1.54) is 10.9 Å². The quantitative estimate of drug-likeness (QED) is 0.777. The van der Waals surface area contributed by atoms with Gasteiger partial charge in [0.2, 0.25) is 0 Å². The Kier molecular flexibility index (Phi) is 5.20. The molecule has 20 heavy (non-hydrogen) atoms. The molecule has 0 aliphatic heterocycles. The number of rotatable bonds is 6. The highest BCUT2D eigenvalue weighted by Crippen LogP contribution is 2.25. The van der Waals surface area contributed by atoms with E-state index >= 15 is 0 Å². The number of halogens is 3. The van der Waals surface area contributed by atoms with E-state index in [9.17, 15) is 13.2 Å². The average Bonchev–Trinajstić information content (AvgIpc) is 2.95. The lowest BCUT2D eigenvalue weighted by molar-refractivity contribution is 0.420. The third-order valence-corrected chi connectivity index (χ3v) is 4.09. The van der Waals surface area contributed by atoms with Gasteiger partial charge in [-0.15, -0.1) is 11.3 Å². The molecule has 1 aromatic carbocycles. The van der Waals surface area contributed by atoms with Crippen molar-refractivity contribution >= 4 is 11.3 Å². The molecule has 1 atom stereocenters. The molecular weight excluding hydrogens is 283 g/mol. The molecule has 0 saturated carbocycles. The number of hydrogen-bond acceptors (Lipinski definition) is 2. The number of benzene rings is 1. The smallest absolute Gasteiger partial charge is 0.194 e. The maximum absolute atomic E-state index is 13.8. The first kappa shape index (κ1) is 15.1. The van der Waals surface area contributed by atoms with E-state index in [0.717, 1.165) is 12.5 Å². The number of hydrogen-bond donors (Lipinski definition) is 1. The van der Waals surface area contributed by atoms with Gasteiger partial charge in [0.1, 0.15) is 0 Å². The molecule has 2 aromatic rings. The van der Waals surface area contributed by atoms with Gasteiger partial charge in [0.25, 0.3) is 0 Å². The summed E-state index contributed by atoms with van der Waals surface area (Å²) in [4.78, 5) is 1.19. The molecule has 0 radical (unpaired) electrons. The predicted octanol–water partition coefficient (Wildman–Crippen LogP) is 4.45. The van der Waals surface area contributed by atoms with Gasteiger partial charge in [0.15, 0.2) is 17.5 Å². The second kappa shape index (κ2) is 6.90. The van der Waals surface area contributed by atoms with Crippen LogP contribution in [-0.4, -0.2) is 6.54 Å². The Labute approximate surface area is 120 Å². The molecule has 0 aliphatic carbocycles. The van der Waals surface area contributed by atoms with Crippen molar-refractivity contribution in [2.24, 2.45) is 0 Å². The highest BCUT2D eigenvalue weighted by molar-refractivity contribution is 7.09. The summed E-state index contributed by atoms with van der Waals surface area (Å²) < 4.78 is 40.2. The van der Waals surface area contributed by atoms with Crippen LogP contribution in [0.15, 0.2) is 29.6 Å². The zero-order valence-corrected chi connectivity index (χ0v) is 11.9. The van der Waals surface area contributed by atoms with Gasteiger partial charge in [-0.25, -0.2) is 13.2 Å². The lowest BCUT2D eigenvalue weighted by Gasteiger charge is -2.19. The van der Waals surface area contributed by atoms with Crippen molar-refractivity contribution in [3.8, 4) is 0 Å². The minimum atomic E-state index is -1.40. The van der Waals surface area contributed by atoms with Crippen molar-refractivity contribution in [1.29, 1.82) is 0 Å². The first-order valence-corrected chi connectivity index (χ1v) is 7.40. The Hall–Kier alpha value is -1.33. The van der Waals surface area contributed by atoms with Crippen molar-refractivity contribution < 1.29 is 13.2 Å². The Morgan fingerprint density at radius 3 is 2.60 bits per heavy atom. The fraction of sp³-hybridized carbons (Fsp3) is 0.333. The number of aryl methyl sites for hydroxylation is 1. The molecule has 1 nitrogen and oxygen atoms in total. The molecule has 1 aromatic heterocycles. The predicted molar refractivity (Wildman–Crippen MR) is 75.4 cm³/mol. The van der Waals surface area contributed by atoms with Gasteiger partial charge >= 0.3 is 0 Å². The Morgan fingerprint density at radius 1 is 1.15 bits per heavy atom. The molecule has 0 aliphatic rings. The molecule has 5 heteroatoms. The topological polar surface area (TPSA) is 12.0 Å². The summed E-state index contributed by atoms with van der Waals surface area (Å²) in [5.74, 6) is -3.65. The van der Waals surface area contributed by atoms with E-state index in [-0.39, 0.29) is 11.6 Å². The minimum absolute atomic E-state index is 0.183. The Morgan fingerprint density at radius 2 is 1.95 bits per heavy atom. The number of nitrogens with one attached hydrogen (secondary N) is 1. The monoisotopic (exact) mass is 299 g/mol. The van der Waals surface area contributed by atoms with Crippen LogP contribution < -0.4 is 5.32 Å². The molecular formula is C15H16F3NS. The van der Waals surface area contributed by atoms with Crippen LogP contribution in [0, 0.1) is 17.5 Å². The van der Waals surface area contributed by atoms with E-state index in [1.807, 2.05) is 24.4 Å². The van der Waals surface area contributed by atoms with Crippen molar-refractivity contribution in [3.05, 3.63) is 57.5 Å². The molecule has 0 amide bonds. The largest absolute Gasteiger partial charge is 0.310 e. The molecule has 0 bridgehead atoms. The second-order valence-corrected chi connectivity index (χ2v) is 5.53. The van der Waals surface area contributed by atoms with Crippen LogP contribution in [-0.2, 0) is 6.42 Å². The van der Waals surface area contributed by atoms with Gasteiger partial charge in [0, 0.05) is 16.5 Å². The first-order valence-electron chi connectivity index (χ1n) is 6.52. The summed E-state index contributed by atoms with van der Waals surface area (Å²) in [7, 11) is 0. The first-order chi connectivity index (χ1) is 9.63. The SMILES string of the molecule is CCNC(CCc1cccs1)c1ccc(F)c(F)c1F. The van der Waals surface area contributed by atoms with E-state index < -0.39 is 17.5 Å². The number of thiophene rings is 1. The van der Waals surface area contributed by atoms with Crippen LogP contribution in [0.4, 0.5) is 13.2 Å². The van der Waals surface area contributed by atoms with E-state index in [0.29, 0.717) is 13.0 Å². The molecule has 0 saturated heterocycles. The molecule has 2 rings (SSSR count). The molecule has 1 unspecified atom stereocenters. The van der Waals surface area contributed by atoms with E-state index in [4.69, 9.17) is 0 Å². The van der Waals surface area contributed by atoms with Crippen LogP contribution in [0.25, 0.3) is 0 Å². The van der Waals surface area contributed by atoms with Crippen LogP contribution in [0.1, 0.15) is 29.8 Å². The van der Waals surface area contributed by atoms with Gasteiger partial charge in [-0.05, 0) is 36.9 Å². The highest BCUT2D eigenvalue weighted by atomic mass is 32.1. The summed E-state index contributed by atoms with van der Waals surface area (Å²) >= 11 is 1.63. The fourth-order valence-electron chi connectivity index (χ4n) is 2.17. The summed E-state index contributed by atoms with van der Waals surface area (Å²) in [6.07, 6.45) is 1.41. The third-order valence-electron chi connectivity index (χ3n) is 3.15. The van der Waals surface area contributed by atoms with Crippen molar-refractivity contribution in [3.63, 3.8) is 0 Å². The lowest BCUT2D eigenvalue weighted by Crippen LogP contribution is -2.23. The summed E-state index contributed by atoms with van der Waals surface area (Å²) in [6.45, 7) is 2.53. The van der Waals surface area contributed by atoms with Gasteiger partial charge in [-0.1, -0.05) is 19.1 Å². The minimum Gasteiger partial charge on any atom is -0.310 e. The van der Waals surface area contributed by atoms with Crippen LogP contribution >= 0.6 is 11.3 Å². The van der Waals surface area contributed by atoms with Crippen molar-refractivity contribution in [2.45, 2.75) is 25.8 Å².